The van der Waals surface area contributed by atoms with Crippen LogP contribution in [0.3, 0.4) is 0 Å². The van der Waals surface area contributed by atoms with E-state index in [1.807, 2.05) is 0 Å². The number of ether oxygens (including phenoxy) is 2. The number of carbonyl (C=O) groups is 3. The Morgan fingerprint density at radius 2 is 1.65 bits per heavy atom. The molecule has 0 spiro atoms. The van der Waals surface area contributed by atoms with Crippen LogP contribution in [0.4, 0.5) is 11.4 Å². The minimum Gasteiger partial charge on any atom is -0.507 e. The molecule has 10 heteroatoms. The highest BCUT2D eigenvalue weighted by atomic mass is 35.5. The quantitative estimate of drug-likeness (QED) is 0.239. The predicted molar refractivity (Wildman–Crippen MR) is 142 cm³/mol. The summed E-state index contributed by atoms with van der Waals surface area (Å²) in [5, 5.41) is 14.3. The fourth-order valence-electron chi connectivity index (χ4n) is 4.27. The number of methoxy groups -OCH3 is 2. The van der Waals surface area contributed by atoms with Crippen LogP contribution in [0.2, 0.25) is 10.0 Å². The van der Waals surface area contributed by atoms with Gasteiger partial charge in [0.25, 0.3) is 11.7 Å². The van der Waals surface area contributed by atoms with Gasteiger partial charge in [-0.3, -0.25) is 19.3 Å². The molecule has 1 atom stereocenters. The molecule has 1 fully saturated rings. The van der Waals surface area contributed by atoms with Crippen molar-refractivity contribution in [2.24, 2.45) is 0 Å². The molecule has 0 aliphatic carbocycles. The minimum atomic E-state index is -1.07. The van der Waals surface area contributed by atoms with E-state index in [1.165, 1.54) is 38.2 Å². The molecule has 3 aromatic rings. The van der Waals surface area contributed by atoms with E-state index in [9.17, 15) is 19.5 Å². The average Bonchev–Trinajstić information content (AvgIpc) is 3.13. The lowest BCUT2D eigenvalue weighted by Crippen LogP contribution is -2.29. The highest BCUT2D eigenvalue weighted by Gasteiger charge is 2.48. The predicted octanol–water partition coefficient (Wildman–Crippen LogP) is 5.60. The van der Waals surface area contributed by atoms with E-state index in [0.29, 0.717) is 22.7 Å². The number of hydrogen-bond donors (Lipinski definition) is 2. The van der Waals surface area contributed by atoms with Gasteiger partial charge in [-0.05, 0) is 36.4 Å². The van der Waals surface area contributed by atoms with Crippen molar-refractivity contribution in [1.29, 1.82) is 0 Å². The number of hydrogen-bond acceptors (Lipinski definition) is 6. The van der Waals surface area contributed by atoms with Gasteiger partial charge in [0, 0.05) is 29.4 Å². The molecule has 4 rings (SSSR count). The molecule has 0 bridgehead atoms. The van der Waals surface area contributed by atoms with Crippen molar-refractivity contribution >= 4 is 57.9 Å². The lowest BCUT2D eigenvalue weighted by atomic mass is 9.94. The van der Waals surface area contributed by atoms with Gasteiger partial charge in [0.1, 0.15) is 11.5 Å². The first-order chi connectivity index (χ1) is 17.7. The number of halogens is 2. The van der Waals surface area contributed by atoms with Gasteiger partial charge in [-0.15, -0.1) is 0 Å². The van der Waals surface area contributed by atoms with Gasteiger partial charge in [0.15, 0.2) is 5.75 Å². The van der Waals surface area contributed by atoms with Gasteiger partial charge in [0.2, 0.25) is 5.91 Å². The van der Waals surface area contributed by atoms with E-state index >= 15 is 0 Å². The Balaban J connectivity index is 1.98. The molecule has 1 heterocycles. The second-order valence-electron chi connectivity index (χ2n) is 8.12. The molecule has 0 aromatic heterocycles. The van der Waals surface area contributed by atoms with E-state index in [2.05, 4.69) is 5.32 Å². The van der Waals surface area contributed by atoms with Crippen LogP contribution in [0, 0.1) is 0 Å². The molecular weight excluding hydrogens is 519 g/mol. The first-order valence-electron chi connectivity index (χ1n) is 11.0. The minimum absolute atomic E-state index is 0.114. The lowest BCUT2D eigenvalue weighted by molar-refractivity contribution is -0.132. The van der Waals surface area contributed by atoms with Crippen molar-refractivity contribution in [3.05, 3.63) is 87.4 Å². The van der Waals surface area contributed by atoms with Crippen molar-refractivity contribution < 1.29 is 29.0 Å². The third-order valence-electron chi connectivity index (χ3n) is 5.80. The van der Waals surface area contributed by atoms with Crippen molar-refractivity contribution in [3.63, 3.8) is 0 Å². The van der Waals surface area contributed by atoms with Crippen LogP contribution >= 0.6 is 23.2 Å². The Morgan fingerprint density at radius 1 is 0.973 bits per heavy atom. The van der Waals surface area contributed by atoms with E-state index in [1.54, 1.807) is 48.5 Å². The molecule has 0 radical (unpaired) electrons. The zero-order valence-corrected chi connectivity index (χ0v) is 21.6. The summed E-state index contributed by atoms with van der Waals surface area (Å²) < 4.78 is 10.7. The summed E-state index contributed by atoms with van der Waals surface area (Å²) in [6.07, 6.45) is 0. The number of carbonyl (C=O) groups excluding carboxylic acids is 3. The van der Waals surface area contributed by atoms with Gasteiger partial charge >= 0.3 is 0 Å². The number of Topliss-reactive ketones (excluding diaryl/α,β-unsaturated/α-hetero) is 1. The van der Waals surface area contributed by atoms with Crippen LogP contribution in [-0.2, 0) is 14.4 Å². The van der Waals surface area contributed by atoms with E-state index < -0.39 is 23.5 Å². The highest BCUT2D eigenvalue weighted by molar-refractivity contribution is 6.52. The van der Waals surface area contributed by atoms with Gasteiger partial charge in [-0.25, -0.2) is 0 Å². The van der Waals surface area contributed by atoms with Crippen LogP contribution < -0.4 is 19.7 Å². The molecule has 1 aliphatic rings. The average molecular weight is 541 g/mol. The highest BCUT2D eigenvalue weighted by Crippen LogP contribution is 2.46. The van der Waals surface area contributed by atoms with E-state index in [-0.39, 0.29) is 32.8 Å². The van der Waals surface area contributed by atoms with Crippen molar-refractivity contribution in [2.75, 3.05) is 24.4 Å². The molecule has 2 N–H and O–H groups in total. The summed E-state index contributed by atoms with van der Waals surface area (Å²) in [6.45, 7) is 1.36. The van der Waals surface area contributed by atoms with Gasteiger partial charge < -0.3 is 19.9 Å². The standard InChI is InChI=1S/C27H22Cl2N2O6/c1-14(32)30-16-7-6-8-17(13-16)31-23(18-9-4-5-10-21(18)36-2)22(25(34)27(31)35)24(33)15-11-19(28)26(37-3)20(29)12-15/h4-13,23,33H,1-3H3,(H,30,32)/b24-22+. The summed E-state index contributed by atoms with van der Waals surface area (Å²) in [5.41, 5.74) is 1.16. The molecule has 0 saturated carbocycles. The number of nitrogens with zero attached hydrogens (tertiary/aromatic N) is 1. The molecule has 1 unspecified atom stereocenters. The largest absolute Gasteiger partial charge is 0.507 e. The Kier molecular flexibility index (Phi) is 7.42. The summed E-state index contributed by atoms with van der Waals surface area (Å²) in [4.78, 5) is 39.7. The third-order valence-corrected chi connectivity index (χ3v) is 6.36. The number of para-hydroxylation sites is 1. The number of anilines is 2. The Labute approximate surface area is 223 Å². The van der Waals surface area contributed by atoms with Crippen LogP contribution in [0.5, 0.6) is 11.5 Å². The molecular formula is C27H22Cl2N2O6. The molecule has 190 valence electrons. The molecule has 37 heavy (non-hydrogen) atoms. The van der Waals surface area contributed by atoms with Crippen LogP contribution in [0.25, 0.3) is 5.76 Å². The van der Waals surface area contributed by atoms with Crippen molar-refractivity contribution in [2.45, 2.75) is 13.0 Å². The SMILES string of the molecule is COc1ccccc1C1/C(=C(\O)c2cc(Cl)c(OC)c(Cl)c2)C(=O)C(=O)N1c1cccc(NC(C)=O)c1. The number of amides is 2. The Bertz CT molecular complexity index is 1430. The fourth-order valence-corrected chi connectivity index (χ4v) is 4.91. The number of benzene rings is 3. The lowest BCUT2D eigenvalue weighted by Gasteiger charge is -2.27. The summed E-state index contributed by atoms with van der Waals surface area (Å²) in [6, 6.07) is 15.1. The first kappa shape index (κ1) is 26.1. The monoisotopic (exact) mass is 540 g/mol. The number of ketones is 1. The van der Waals surface area contributed by atoms with E-state index in [0.717, 1.165) is 0 Å². The Hall–Kier alpha value is -4.01. The van der Waals surface area contributed by atoms with Crippen LogP contribution in [0.15, 0.2) is 66.2 Å². The summed E-state index contributed by atoms with van der Waals surface area (Å²) in [5.74, 6) is -1.95. The molecule has 1 saturated heterocycles. The fraction of sp³-hybridized carbons (Fsp3) is 0.148. The summed E-state index contributed by atoms with van der Waals surface area (Å²) in [7, 11) is 2.86. The zero-order chi connectivity index (χ0) is 26.9. The number of nitrogens with one attached hydrogen (secondary N) is 1. The van der Waals surface area contributed by atoms with Crippen molar-refractivity contribution in [1.82, 2.24) is 0 Å². The topological polar surface area (TPSA) is 105 Å². The molecule has 1 aliphatic heterocycles. The van der Waals surface area contributed by atoms with Crippen molar-refractivity contribution in [3.8, 4) is 11.5 Å². The first-order valence-corrected chi connectivity index (χ1v) is 11.8. The number of aliphatic hydroxyl groups is 1. The second-order valence-corrected chi connectivity index (χ2v) is 8.93. The second kappa shape index (κ2) is 10.5. The number of rotatable bonds is 6. The maximum atomic E-state index is 13.4. The number of aliphatic hydroxyl groups excluding tert-OH is 1. The summed E-state index contributed by atoms with van der Waals surface area (Å²) >= 11 is 12.6. The maximum Gasteiger partial charge on any atom is 0.300 e. The smallest absolute Gasteiger partial charge is 0.300 e. The van der Waals surface area contributed by atoms with Crippen LogP contribution in [0.1, 0.15) is 24.1 Å². The zero-order valence-electron chi connectivity index (χ0n) is 20.0. The maximum absolute atomic E-state index is 13.4. The normalized spacial score (nSPS) is 16.6. The van der Waals surface area contributed by atoms with Gasteiger partial charge in [-0.1, -0.05) is 47.5 Å². The molecule has 8 nitrogen and oxygen atoms in total. The van der Waals surface area contributed by atoms with E-state index in [4.69, 9.17) is 32.7 Å². The van der Waals surface area contributed by atoms with Crippen LogP contribution in [-0.4, -0.2) is 36.9 Å². The molecule has 3 aromatic carbocycles. The third kappa shape index (κ3) is 4.85. The Morgan fingerprint density at radius 3 is 2.27 bits per heavy atom. The van der Waals surface area contributed by atoms with Gasteiger partial charge in [-0.2, -0.15) is 0 Å². The van der Waals surface area contributed by atoms with Gasteiger partial charge in [0.05, 0.1) is 35.9 Å². The molecule has 2 amide bonds.